The van der Waals surface area contributed by atoms with Gasteiger partial charge in [-0.2, -0.15) is 0 Å². The first-order valence-corrected chi connectivity index (χ1v) is 20.1. The Morgan fingerprint density at radius 1 is 0.661 bits per heavy atom. The van der Waals surface area contributed by atoms with E-state index in [0.717, 1.165) is 5.56 Å². The molecule has 1 heterocycles. The van der Waals surface area contributed by atoms with E-state index >= 15 is 0 Å². The molecule has 322 valence electrons. The van der Waals surface area contributed by atoms with Crippen LogP contribution in [0.15, 0.2) is 54.6 Å². The molecular weight excluding hydrogens is 761 g/mol. The SMILES string of the molecule is CC(=O)NCCCC[C@@H]1NC(=O)[C@H](C(C)C)NC(=O)[C@H](CC(C)C)NC(=O)[C@H](Cc2ccccc2)NC(=O)CNC(=O)[C@H](C)NC(=O)[C@H](Cc2ccc(O)cc2)NC1=O. The molecule has 59 heavy (non-hydrogen) atoms. The first-order chi connectivity index (χ1) is 27.9. The predicted molar refractivity (Wildman–Crippen MR) is 219 cm³/mol. The fraction of sp³-hybridized carbons (Fsp3) is 0.524. The van der Waals surface area contributed by atoms with E-state index in [9.17, 15) is 43.5 Å². The Kier molecular flexibility index (Phi) is 18.8. The van der Waals surface area contributed by atoms with Gasteiger partial charge in [0.2, 0.25) is 47.3 Å². The number of carbonyl (C=O) groups is 8. The molecule has 0 unspecified atom stereocenters. The second-order valence-electron chi connectivity index (χ2n) is 15.7. The third-order valence-electron chi connectivity index (χ3n) is 9.63. The molecule has 0 spiro atoms. The molecular formula is C42H60N8O9. The molecule has 8 amide bonds. The molecule has 3 rings (SSSR count). The molecule has 0 bridgehead atoms. The van der Waals surface area contributed by atoms with Gasteiger partial charge in [0.1, 0.15) is 42.0 Å². The summed E-state index contributed by atoms with van der Waals surface area (Å²) >= 11 is 0. The Labute approximate surface area is 345 Å². The Morgan fingerprint density at radius 2 is 1.20 bits per heavy atom. The monoisotopic (exact) mass is 820 g/mol. The number of unbranched alkanes of at least 4 members (excludes halogenated alkanes) is 1. The van der Waals surface area contributed by atoms with Crippen LogP contribution in [0, 0.1) is 11.8 Å². The van der Waals surface area contributed by atoms with Gasteiger partial charge in [0.15, 0.2) is 0 Å². The Bertz CT molecular complexity index is 1770. The van der Waals surface area contributed by atoms with E-state index in [1.807, 2.05) is 13.8 Å². The Hall–Kier alpha value is -6.00. The summed E-state index contributed by atoms with van der Waals surface area (Å²) in [4.78, 5) is 108. The maximum Gasteiger partial charge on any atom is 0.243 e. The van der Waals surface area contributed by atoms with Crippen molar-refractivity contribution in [1.82, 2.24) is 42.5 Å². The van der Waals surface area contributed by atoms with E-state index < -0.39 is 90.1 Å². The highest BCUT2D eigenvalue weighted by Crippen LogP contribution is 2.14. The lowest BCUT2D eigenvalue weighted by Crippen LogP contribution is -2.60. The van der Waals surface area contributed by atoms with Crippen molar-refractivity contribution in [1.29, 1.82) is 0 Å². The summed E-state index contributed by atoms with van der Waals surface area (Å²) in [5.41, 5.74) is 1.28. The average molecular weight is 821 g/mol. The van der Waals surface area contributed by atoms with Crippen LogP contribution in [0.25, 0.3) is 0 Å². The molecule has 0 aliphatic carbocycles. The molecule has 1 aliphatic heterocycles. The molecule has 2 aromatic carbocycles. The number of hydrogen-bond acceptors (Lipinski definition) is 9. The molecule has 0 saturated carbocycles. The minimum Gasteiger partial charge on any atom is -0.508 e. The van der Waals surface area contributed by atoms with Crippen molar-refractivity contribution in [3.05, 3.63) is 65.7 Å². The standard InChI is InChI=1S/C42H60N8O9/c1-24(2)20-32-41(58)50-36(25(3)4)42(59)47-31(14-10-11-19-43-27(6)51)38(55)49-34(22-29-15-17-30(52)18-16-29)39(56)45-26(5)37(54)44-23-35(53)46-33(40(57)48-32)21-28-12-8-7-9-13-28/h7-9,12-13,15-18,24-26,31-34,36,52H,10-11,14,19-23H2,1-6H3,(H,43,51)(H,44,54)(H,45,56)(H,46,53)(H,47,59)(H,48,57)(H,49,55)(H,50,58)/t26-,31-,32-,33-,34-,36-/m0/s1. The van der Waals surface area contributed by atoms with E-state index in [0.29, 0.717) is 24.9 Å². The largest absolute Gasteiger partial charge is 0.508 e. The summed E-state index contributed by atoms with van der Waals surface area (Å²) in [5, 5.41) is 31.2. The normalized spacial score (nSPS) is 23.1. The molecule has 1 fully saturated rings. The summed E-state index contributed by atoms with van der Waals surface area (Å²) in [6, 6.07) is 7.78. The maximum atomic E-state index is 14.1. The van der Waals surface area contributed by atoms with Crippen LogP contribution >= 0.6 is 0 Å². The lowest BCUT2D eigenvalue weighted by atomic mass is 9.98. The zero-order valence-electron chi connectivity index (χ0n) is 34.7. The van der Waals surface area contributed by atoms with Crippen LogP contribution < -0.4 is 42.5 Å². The molecule has 1 aliphatic rings. The van der Waals surface area contributed by atoms with Crippen molar-refractivity contribution >= 4 is 47.3 Å². The molecule has 9 N–H and O–H groups in total. The zero-order valence-corrected chi connectivity index (χ0v) is 34.7. The fourth-order valence-corrected chi connectivity index (χ4v) is 6.39. The van der Waals surface area contributed by atoms with Gasteiger partial charge in [0.05, 0.1) is 6.54 Å². The van der Waals surface area contributed by atoms with Gasteiger partial charge in [-0.25, -0.2) is 0 Å². The highest BCUT2D eigenvalue weighted by molar-refractivity contribution is 5.98. The van der Waals surface area contributed by atoms with Crippen molar-refractivity contribution < 1.29 is 43.5 Å². The van der Waals surface area contributed by atoms with E-state index in [-0.39, 0.29) is 43.3 Å². The van der Waals surface area contributed by atoms with Crippen LogP contribution in [-0.2, 0) is 51.2 Å². The highest BCUT2D eigenvalue weighted by Gasteiger charge is 2.35. The molecule has 6 atom stereocenters. The van der Waals surface area contributed by atoms with Crippen LogP contribution in [0.3, 0.4) is 0 Å². The predicted octanol–water partition coefficient (Wildman–Crippen LogP) is 0.244. The number of carbonyl (C=O) groups excluding carboxylic acids is 8. The van der Waals surface area contributed by atoms with Crippen molar-refractivity contribution in [2.24, 2.45) is 11.8 Å². The summed E-state index contributed by atoms with van der Waals surface area (Å²) in [5.74, 6) is -5.71. The number of phenols is 1. The van der Waals surface area contributed by atoms with Crippen LogP contribution in [0.1, 0.15) is 78.4 Å². The van der Waals surface area contributed by atoms with Crippen molar-refractivity contribution in [2.45, 2.75) is 116 Å². The minimum atomic E-state index is -1.27. The van der Waals surface area contributed by atoms with E-state index in [1.165, 1.54) is 26.0 Å². The van der Waals surface area contributed by atoms with Gasteiger partial charge < -0.3 is 47.6 Å². The highest BCUT2D eigenvalue weighted by atomic mass is 16.3. The van der Waals surface area contributed by atoms with Gasteiger partial charge in [-0.05, 0) is 67.7 Å². The van der Waals surface area contributed by atoms with Crippen LogP contribution in [0.4, 0.5) is 0 Å². The average Bonchev–Trinajstić information content (AvgIpc) is 3.17. The van der Waals surface area contributed by atoms with Gasteiger partial charge in [0.25, 0.3) is 0 Å². The Morgan fingerprint density at radius 3 is 1.81 bits per heavy atom. The lowest BCUT2D eigenvalue weighted by Gasteiger charge is -2.29. The summed E-state index contributed by atoms with van der Waals surface area (Å²) in [7, 11) is 0. The van der Waals surface area contributed by atoms with Crippen LogP contribution in [-0.4, -0.2) is 102 Å². The second kappa shape index (κ2) is 23.4. The molecule has 1 saturated heterocycles. The summed E-state index contributed by atoms with van der Waals surface area (Å²) in [6.45, 7) is 9.71. The zero-order chi connectivity index (χ0) is 43.6. The third kappa shape index (κ3) is 16.4. The van der Waals surface area contributed by atoms with Crippen LogP contribution in [0.2, 0.25) is 0 Å². The lowest BCUT2D eigenvalue weighted by molar-refractivity contribution is -0.136. The van der Waals surface area contributed by atoms with E-state index in [1.54, 1.807) is 56.3 Å². The molecule has 17 nitrogen and oxygen atoms in total. The maximum absolute atomic E-state index is 14.1. The molecule has 0 radical (unpaired) electrons. The number of nitrogens with one attached hydrogen (secondary N) is 8. The number of benzene rings is 2. The fourth-order valence-electron chi connectivity index (χ4n) is 6.39. The quantitative estimate of drug-likeness (QED) is 0.133. The smallest absolute Gasteiger partial charge is 0.243 e. The number of phenolic OH excluding ortho intramolecular Hbond substituents is 1. The molecule has 2 aromatic rings. The van der Waals surface area contributed by atoms with Gasteiger partial charge >= 0.3 is 0 Å². The third-order valence-corrected chi connectivity index (χ3v) is 9.63. The first-order valence-electron chi connectivity index (χ1n) is 20.1. The number of aromatic hydroxyl groups is 1. The first kappa shape index (κ1) is 47.4. The summed E-state index contributed by atoms with van der Waals surface area (Å²) < 4.78 is 0. The number of rotatable bonds is 12. The minimum absolute atomic E-state index is 0.0145. The Balaban J connectivity index is 2.04. The van der Waals surface area contributed by atoms with Crippen LogP contribution in [0.5, 0.6) is 5.75 Å². The van der Waals surface area contributed by atoms with Crippen molar-refractivity contribution in [3.8, 4) is 5.75 Å². The summed E-state index contributed by atoms with van der Waals surface area (Å²) in [6.07, 6.45) is 1.12. The number of hydrogen-bond donors (Lipinski definition) is 9. The van der Waals surface area contributed by atoms with Crippen molar-refractivity contribution in [2.75, 3.05) is 13.1 Å². The van der Waals surface area contributed by atoms with Gasteiger partial charge in [-0.1, -0.05) is 70.2 Å². The van der Waals surface area contributed by atoms with E-state index in [4.69, 9.17) is 0 Å². The van der Waals surface area contributed by atoms with Crippen molar-refractivity contribution in [3.63, 3.8) is 0 Å². The van der Waals surface area contributed by atoms with E-state index in [2.05, 4.69) is 42.5 Å². The topological polar surface area (TPSA) is 253 Å². The molecule has 17 heteroatoms. The van der Waals surface area contributed by atoms with Gasteiger partial charge in [0, 0.05) is 26.3 Å². The molecule has 0 aromatic heterocycles. The van der Waals surface area contributed by atoms with Gasteiger partial charge in [-0.3, -0.25) is 38.4 Å². The number of amides is 8. The second-order valence-corrected chi connectivity index (χ2v) is 15.7. The van der Waals surface area contributed by atoms with Gasteiger partial charge in [-0.15, -0.1) is 0 Å².